The molecule has 0 unspecified atom stereocenters. The van der Waals surface area contributed by atoms with E-state index >= 15 is 0 Å². The maximum absolute atomic E-state index is 12.3. The molecule has 6 nitrogen and oxygen atoms in total. The molecular formula is C21H29F3N2O4. The smallest absolute Gasteiger partial charge is 0.389 e. The fourth-order valence-corrected chi connectivity index (χ4v) is 2.84. The summed E-state index contributed by atoms with van der Waals surface area (Å²) in [4.78, 5) is 35.8. The van der Waals surface area contributed by atoms with Crippen molar-refractivity contribution in [2.24, 2.45) is 0 Å². The Morgan fingerprint density at radius 3 is 2.27 bits per heavy atom. The Morgan fingerprint density at radius 1 is 1.03 bits per heavy atom. The molecule has 0 fully saturated rings. The average molecular weight is 430 g/mol. The van der Waals surface area contributed by atoms with Crippen molar-refractivity contribution in [3.63, 3.8) is 0 Å². The Kier molecular flexibility index (Phi) is 10.9. The molecule has 1 aromatic rings. The minimum atomic E-state index is -4.16. The molecule has 0 bridgehead atoms. The van der Waals surface area contributed by atoms with Crippen molar-refractivity contribution >= 4 is 17.6 Å². The SMILES string of the molecule is CC(=O)C[C@@H](NC(=O)CCCCCCC(F)(F)F)C(=O)NCCc1ccc(O)cc1. The summed E-state index contributed by atoms with van der Waals surface area (Å²) in [5.41, 5.74) is 0.908. The molecule has 0 saturated carbocycles. The summed E-state index contributed by atoms with van der Waals surface area (Å²) in [6, 6.07) is 5.55. The van der Waals surface area contributed by atoms with Gasteiger partial charge in [-0.1, -0.05) is 25.0 Å². The molecule has 0 saturated heterocycles. The highest BCUT2D eigenvalue weighted by Gasteiger charge is 2.26. The molecule has 168 valence electrons. The molecule has 9 heteroatoms. The first-order chi connectivity index (χ1) is 14.1. The highest BCUT2D eigenvalue weighted by atomic mass is 19.4. The van der Waals surface area contributed by atoms with Gasteiger partial charge in [-0.15, -0.1) is 0 Å². The van der Waals surface area contributed by atoms with Crippen molar-refractivity contribution in [1.82, 2.24) is 10.6 Å². The number of hydrogen-bond acceptors (Lipinski definition) is 4. The summed E-state index contributed by atoms with van der Waals surface area (Å²) in [5, 5.41) is 14.5. The maximum Gasteiger partial charge on any atom is 0.389 e. The summed E-state index contributed by atoms with van der Waals surface area (Å²) >= 11 is 0. The highest BCUT2D eigenvalue weighted by molar-refractivity contribution is 5.91. The first-order valence-electron chi connectivity index (χ1n) is 9.98. The van der Waals surface area contributed by atoms with Crippen LogP contribution in [0, 0.1) is 0 Å². The highest BCUT2D eigenvalue weighted by Crippen LogP contribution is 2.23. The molecule has 1 rings (SSSR count). The molecule has 0 radical (unpaired) electrons. The van der Waals surface area contributed by atoms with E-state index in [0.29, 0.717) is 32.2 Å². The van der Waals surface area contributed by atoms with E-state index in [1.165, 1.54) is 6.92 Å². The first-order valence-corrected chi connectivity index (χ1v) is 9.98. The lowest BCUT2D eigenvalue weighted by atomic mass is 10.1. The van der Waals surface area contributed by atoms with Gasteiger partial charge < -0.3 is 15.7 Å². The quantitative estimate of drug-likeness (QED) is 0.418. The Balaban J connectivity index is 2.36. The Hall–Kier alpha value is -2.58. The minimum absolute atomic E-state index is 0.0293. The molecule has 0 spiro atoms. The van der Waals surface area contributed by atoms with Crippen molar-refractivity contribution in [2.45, 2.75) is 70.5 Å². The van der Waals surface area contributed by atoms with E-state index < -0.39 is 30.5 Å². The Morgan fingerprint density at radius 2 is 1.67 bits per heavy atom. The third kappa shape index (κ3) is 12.1. The zero-order valence-corrected chi connectivity index (χ0v) is 17.1. The summed E-state index contributed by atoms with van der Waals surface area (Å²) in [7, 11) is 0. The zero-order chi connectivity index (χ0) is 22.6. The largest absolute Gasteiger partial charge is 0.508 e. The molecule has 30 heavy (non-hydrogen) atoms. The van der Waals surface area contributed by atoms with Crippen LogP contribution in [0.5, 0.6) is 5.75 Å². The van der Waals surface area contributed by atoms with E-state index in [1.54, 1.807) is 24.3 Å². The van der Waals surface area contributed by atoms with E-state index in [-0.39, 0.29) is 30.8 Å². The maximum atomic E-state index is 12.3. The molecule has 0 aliphatic carbocycles. The number of carbonyl (C=O) groups excluding carboxylic acids is 3. The fraction of sp³-hybridized carbons (Fsp3) is 0.571. The van der Waals surface area contributed by atoms with Crippen LogP contribution in [-0.4, -0.2) is 41.5 Å². The number of halogens is 3. The monoisotopic (exact) mass is 430 g/mol. The van der Waals surface area contributed by atoms with Crippen molar-refractivity contribution in [1.29, 1.82) is 0 Å². The summed E-state index contributed by atoms with van der Waals surface area (Å²) in [6.45, 7) is 1.62. The number of alkyl halides is 3. The van der Waals surface area contributed by atoms with Gasteiger partial charge >= 0.3 is 6.18 Å². The van der Waals surface area contributed by atoms with Gasteiger partial charge in [0, 0.05) is 25.8 Å². The number of nitrogens with one attached hydrogen (secondary N) is 2. The van der Waals surface area contributed by atoms with Crippen molar-refractivity contribution in [2.75, 3.05) is 6.54 Å². The average Bonchev–Trinajstić information content (AvgIpc) is 2.64. The lowest BCUT2D eigenvalue weighted by molar-refractivity contribution is -0.135. The second-order valence-electron chi connectivity index (χ2n) is 7.26. The van der Waals surface area contributed by atoms with Crippen molar-refractivity contribution in [3.05, 3.63) is 29.8 Å². The van der Waals surface area contributed by atoms with Gasteiger partial charge in [-0.25, -0.2) is 0 Å². The number of unbranched alkanes of at least 4 members (excludes halogenated alkanes) is 3. The number of amides is 2. The normalized spacial score (nSPS) is 12.3. The minimum Gasteiger partial charge on any atom is -0.508 e. The topological polar surface area (TPSA) is 95.5 Å². The van der Waals surface area contributed by atoms with Crippen LogP contribution >= 0.6 is 0 Å². The van der Waals surface area contributed by atoms with Crippen LogP contribution in [-0.2, 0) is 20.8 Å². The van der Waals surface area contributed by atoms with Crippen LogP contribution in [0.15, 0.2) is 24.3 Å². The first kappa shape index (κ1) is 25.5. The summed E-state index contributed by atoms with van der Waals surface area (Å²) < 4.78 is 36.2. The van der Waals surface area contributed by atoms with E-state index in [2.05, 4.69) is 10.6 Å². The molecule has 2 amide bonds. The number of benzene rings is 1. The van der Waals surface area contributed by atoms with Crippen molar-refractivity contribution < 1.29 is 32.7 Å². The second-order valence-corrected chi connectivity index (χ2v) is 7.26. The second kappa shape index (κ2) is 12.9. The molecule has 0 heterocycles. The third-order valence-electron chi connectivity index (χ3n) is 4.41. The van der Waals surface area contributed by atoms with Gasteiger partial charge in [0.05, 0.1) is 0 Å². The van der Waals surface area contributed by atoms with Gasteiger partial charge in [0.1, 0.15) is 17.6 Å². The standard InChI is InChI=1S/C21H29F3N2O4/c1-15(27)14-18(20(30)25-13-11-16-7-9-17(28)10-8-16)26-19(29)6-4-2-3-5-12-21(22,23)24/h7-10,18,28H,2-6,11-14H2,1H3,(H,25,30)(H,26,29)/t18-/m1/s1. The van der Waals surface area contributed by atoms with Crippen LogP contribution in [0.4, 0.5) is 13.2 Å². The number of rotatable bonds is 13. The number of phenolic OH excluding ortho intramolecular Hbond substituents is 1. The third-order valence-corrected chi connectivity index (χ3v) is 4.41. The number of carbonyl (C=O) groups is 3. The summed E-state index contributed by atoms with van der Waals surface area (Å²) in [5.74, 6) is -0.984. The predicted octanol–water partition coefficient (Wildman–Crippen LogP) is 3.42. The van der Waals surface area contributed by atoms with E-state index in [4.69, 9.17) is 0 Å². The molecular weight excluding hydrogens is 401 g/mol. The van der Waals surface area contributed by atoms with Crippen LogP contribution in [0.3, 0.4) is 0 Å². The number of aromatic hydroxyl groups is 1. The van der Waals surface area contributed by atoms with Gasteiger partial charge in [-0.3, -0.25) is 14.4 Å². The summed E-state index contributed by atoms with van der Waals surface area (Å²) in [6.07, 6.45) is -3.22. The van der Waals surface area contributed by atoms with Gasteiger partial charge in [-0.05, 0) is 43.9 Å². The molecule has 3 N–H and O–H groups in total. The molecule has 1 aromatic carbocycles. The van der Waals surface area contributed by atoms with Crippen LogP contribution in [0.1, 0.15) is 57.4 Å². The molecule has 1 atom stereocenters. The predicted molar refractivity (Wildman–Crippen MR) is 106 cm³/mol. The zero-order valence-electron chi connectivity index (χ0n) is 17.1. The lowest BCUT2D eigenvalue weighted by Gasteiger charge is -2.17. The number of ketones is 1. The van der Waals surface area contributed by atoms with Gasteiger partial charge in [0.2, 0.25) is 11.8 Å². The number of Topliss-reactive ketones (excluding diaryl/α,β-unsaturated/α-hetero) is 1. The van der Waals surface area contributed by atoms with Crippen LogP contribution < -0.4 is 10.6 Å². The molecule has 0 aliphatic rings. The van der Waals surface area contributed by atoms with Crippen LogP contribution in [0.25, 0.3) is 0 Å². The molecule has 0 aromatic heterocycles. The van der Waals surface area contributed by atoms with Gasteiger partial charge in [-0.2, -0.15) is 13.2 Å². The molecule has 0 aliphatic heterocycles. The number of phenols is 1. The van der Waals surface area contributed by atoms with Gasteiger partial charge in [0.15, 0.2) is 0 Å². The lowest BCUT2D eigenvalue weighted by Crippen LogP contribution is -2.48. The Labute approximate surface area is 174 Å². The van der Waals surface area contributed by atoms with Gasteiger partial charge in [0.25, 0.3) is 0 Å². The Bertz CT molecular complexity index is 690. The fourth-order valence-electron chi connectivity index (χ4n) is 2.84. The van der Waals surface area contributed by atoms with Crippen molar-refractivity contribution in [3.8, 4) is 5.75 Å². The number of hydrogen-bond donors (Lipinski definition) is 3. The van der Waals surface area contributed by atoms with Crippen LogP contribution in [0.2, 0.25) is 0 Å². The van der Waals surface area contributed by atoms with E-state index in [0.717, 1.165) is 5.56 Å². The van der Waals surface area contributed by atoms with E-state index in [1.807, 2.05) is 0 Å². The van der Waals surface area contributed by atoms with E-state index in [9.17, 15) is 32.7 Å².